The van der Waals surface area contributed by atoms with Crippen molar-refractivity contribution in [1.29, 1.82) is 0 Å². The lowest BCUT2D eigenvalue weighted by molar-refractivity contribution is 0.239. The Labute approximate surface area is 135 Å². The zero-order chi connectivity index (χ0) is 16.8. The maximum absolute atomic E-state index is 11.9. The number of pyridine rings is 1. The molecule has 0 radical (unpaired) electrons. The van der Waals surface area contributed by atoms with E-state index in [1.54, 1.807) is 19.6 Å². The normalized spacial score (nSPS) is 10.4. The summed E-state index contributed by atoms with van der Waals surface area (Å²) in [6, 6.07) is -0.281. The van der Waals surface area contributed by atoms with Gasteiger partial charge in [0, 0.05) is 23.9 Å². The van der Waals surface area contributed by atoms with Gasteiger partial charge in [0.15, 0.2) is 5.82 Å². The van der Waals surface area contributed by atoms with E-state index in [9.17, 15) is 4.79 Å². The molecule has 8 nitrogen and oxygen atoms in total. The quantitative estimate of drug-likeness (QED) is 0.837. The molecular weight excluding hydrogens is 296 g/mol. The molecule has 2 N–H and O–H groups in total. The third kappa shape index (κ3) is 3.97. The average Bonchev–Trinajstić information content (AvgIpc) is 3.00. The number of carbonyl (C=O) groups is 1. The van der Waals surface area contributed by atoms with Gasteiger partial charge in [-0.25, -0.2) is 4.79 Å². The summed E-state index contributed by atoms with van der Waals surface area (Å²) < 4.78 is 7.23. The van der Waals surface area contributed by atoms with Crippen LogP contribution in [-0.4, -0.2) is 32.9 Å². The van der Waals surface area contributed by atoms with Gasteiger partial charge >= 0.3 is 6.03 Å². The van der Waals surface area contributed by atoms with Gasteiger partial charge in [0.25, 0.3) is 0 Å². The van der Waals surface area contributed by atoms with Crippen LogP contribution in [0.4, 0.5) is 4.79 Å². The number of nitrogens with zero attached hydrogens (tertiary/aromatic N) is 4. The van der Waals surface area contributed by atoms with Crippen molar-refractivity contribution in [3.05, 3.63) is 35.2 Å². The summed E-state index contributed by atoms with van der Waals surface area (Å²) in [7, 11) is 1.63. The molecule has 0 spiro atoms. The Hall–Kier alpha value is -2.64. The van der Waals surface area contributed by atoms with Crippen LogP contribution in [0.5, 0.6) is 5.75 Å². The molecule has 8 heteroatoms. The Balaban J connectivity index is 1.90. The van der Waals surface area contributed by atoms with E-state index in [2.05, 4.69) is 25.8 Å². The Morgan fingerprint density at radius 3 is 2.74 bits per heavy atom. The maximum atomic E-state index is 11.9. The first-order chi connectivity index (χ1) is 11.1. The Morgan fingerprint density at radius 2 is 2.04 bits per heavy atom. The molecular formula is C15H22N6O2. The van der Waals surface area contributed by atoms with Gasteiger partial charge in [-0.2, -0.15) is 0 Å². The van der Waals surface area contributed by atoms with E-state index in [1.807, 2.05) is 25.3 Å². The zero-order valence-corrected chi connectivity index (χ0v) is 13.9. The number of amides is 2. The molecule has 2 aromatic rings. The van der Waals surface area contributed by atoms with Gasteiger partial charge in [-0.05, 0) is 20.8 Å². The summed E-state index contributed by atoms with van der Waals surface area (Å²) in [6.07, 6.45) is 3.38. The molecule has 2 aromatic heterocycles. The van der Waals surface area contributed by atoms with Crippen molar-refractivity contribution < 1.29 is 9.53 Å². The molecule has 23 heavy (non-hydrogen) atoms. The van der Waals surface area contributed by atoms with E-state index in [-0.39, 0.29) is 6.03 Å². The molecule has 0 saturated heterocycles. The van der Waals surface area contributed by atoms with Crippen LogP contribution in [0.15, 0.2) is 12.5 Å². The number of carbonyl (C=O) groups excluding carboxylic acids is 1. The Kier molecular flexibility index (Phi) is 5.51. The highest BCUT2D eigenvalue weighted by molar-refractivity contribution is 5.73. The van der Waals surface area contributed by atoms with Gasteiger partial charge in [-0.3, -0.25) is 4.98 Å². The third-order valence-electron chi connectivity index (χ3n) is 3.61. The molecule has 0 unspecified atom stereocenters. The third-order valence-corrected chi connectivity index (χ3v) is 3.61. The van der Waals surface area contributed by atoms with Crippen LogP contribution in [0.25, 0.3) is 0 Å². The number of hydrogen-bond donors (Lipinski definition) is 2. The lowest BCUT2D eigenvalue weighted by Crippen LogP contribution is -2.35. The van der Waals surface area contributed by atoms with E-state index in [4.69, 9.17) is 4.74 Å². The van der Waals surface area contributed by atoms with E-state index in [0.29, 0.717) is 18.9 Å². The molecule has 2 heterocycles. The minimum absolute atomic E-state index is 0.281. The molecule has 0 aliphatic rings. The number of rotatable bonds is 6. The molecule has 0 atom stereocenters. The number of aryl methyl sites for hydroxylation is 2. The lowest BCUT2D eigenvalue weighted by Gasteiger charge is -2.13. The first kappa shape index (κ1) is 16.7. The summed E-state index contributed by atoms with van der Waals surface area (Å²) in [5, 5.41) is 13.3. The van der Waals surface area contributed by atoms with Crippen molar-refractivity contribution in [3.63, 3.8) is 0 Å². The number of nitrogens with one attached hydrogen (secondary N) is 2. The second-order valence-corrected chi connectivity index (χ2v) is 5.12. The van der Waals surface area contributed by atoms with E-state index in [0.717, 1.165) is 29.1 Å². The van der Waals surface area contributed by atoms with Crippen molar-refractivity contribution >= 4 is 6.03 Å². The number of urea groups is 1. The maximum Gasteiger partial charge on any atom is 0.315 e. The fourth-order valence-corrected chi connectivity index (χ4v) is 2.32. The number of hydrogen-bond acceptors (Lipinski definition) is 5. The number of methoxy groups -OCH3 is 1. The topological polar surface area (TPSA) is 94.0 Å². The Bertz CT molecular complexity index is 683. The van der Waals surface area contributed by atoms with Crippen molar-refractivity contribution in [2.24, 2.45) is 0 Å². The van der Waals surface area contributed by atoms with Crippen molar-refractivity contribution in [2.75, 3.05) is 7.11 Å². The fraction of sp³-hybridized carbons (Fsp3) is 0.467. The first-order valence-electron chi connectivity index (χ1n) is 7.44. The first-order valence-corrected chi connectivity index (χ1v) is 7.44. The SMILES string of the molecule is CCn1cnnc1CNC(=O)NCc1ncc(C)c(OC)c1C. The molecule has 0 fully saturated rings. The van der Waals surface area contributed by atoms with Crippen LogP contribution in [0.1, 0.15) is 29.6 Å². The zero-order valence-electron chi connectivity index (χ0n) is 13.9. The van der Waals surface area contributed by atoms with Gasteiger partial charge in [0.2, 0.25) is 0 Å². The van der Waals surface area contributed by atoms with Crippen LogP contribution >= 0.6 is 0 Å². The number of ether oxygens (including phenoxy) is 1. The van der Waals surface area contributed by atoms with Gasteiger partial charge in [0.1, 0.15) is 12.1 Å². The number of aromatic nitrogens is 4. The molecule has 124 valence electrons. The summed E-state index contributed by atoms with van der Waals surface area (Å²) in [5.41, 5.74) is 2.68. The van der Waals surface area contributed by atoms with Crippen LogP contribution in [0.2, 0.25) is 0 Å². The Morgan fingerprint density at radius 1 is 1.30 bits per heavy atom. The highest BCUT2D eigenvalue weighted by atomic mass is 16.5. The van der Waals surface area contributed by atoms with Crippen molar-refractivity contribution in [2.45, 2.75) is 40.4 Å². The molecule has 2 rings (SSSR count). The smallest absolute Gasteiger partial charge is 0.315 e. The second-order valence-electron chi connectivity index (χ2n) is 5.12. The highest BCUT2D eigenvalue weighted by Crippen LogP contribution is 2.23. The molecule has 0 aromatic carbocycles. The average molecular weight is 318 g/mol. The van der Waals surface area contributed by atoms with Crippen LogP contribution in [0, 0.1) is 13.8 Å². The lowest BCUT2D eigenvalue weighted by atomic mass is 10.1. The molecule has 0 bridgehead atoms. The molecule has 0 aliphatic heterocycles. The van der Waals surface area contributed by atoms with Crippen molar-refractivity contribution in [1.82, 2.24) is 30.4 Å². The van der Waals surface area contributed by atoms with Gasteiger partial charge in [-0.15, -0.1) is 10.2 Å². The van der Waals surface area contributed by atoms with E-state index in [1.165, 1.54) is 0 Å². The van der Waals surface area contributed by atoms with Crippen LogP contribution in [-0.2, 0) is 19.6 Å². The minimum Gasteiger partial charge on any atom is -0.496 e. The van der Waals surface area contributed by atoms with E-state index < -0.39 is 0 Å². The molecule has 2 amide bonds. The highest BCUT2D eigenvalue weighted by Gasteiger charge is 2.11. The van der Waals surface area contributed by atoms with Gasteiger partial charge in [0.05, 0.1) is 25.9 Å². The minimum atomic E-state index is -0.281. The van der Waals surface area contributed by atoms with E-state index >= 15 is 0 Å². The fourth-order valence-electron chi connectivity index (χ4n) is 2.32. The summed E-state index contributed by atoms with van der Waals surface area (Å²) in [4.78, 5) is 16.3. The monoisotopic (exact) mass is 318 g/mol. The second kappa shape index (κ2) is 7.57. The van der Waals surface area contributed by atoms with Crippen molar-refractivity contribution in [3.8, 4) is 5.75 Å². The summed E-state index contributed by atoms with van der Waals surface area (Å²) >= 11 is 0. The van der Waals surface area contributed by atoms with Gasteiger partial charge < -0.3 is 19.9 Å². The van der Waals surface area contributed by atoms with Crippen LogP contribution < -0.4 is 15.4 Å². The summed E-state index contributed by atoms with van der Waals surface area (Å²) in [6.45, 7) is 7.27. The predicted octanol–water partition coefficient (Wildman–Crippen LogP) is 1.32. The standard InChI is InChI=1S/C15H22N6O2/c1-5-21-9-19-20-13(21)8-18-15(22)17-7-12-11(3)14(23-4)10(2)6-16-12/h6,9H,5,7-8H2,1-4H3,(H2,17,18,22). The summed E-state index contributed by atoms with van der Waals surface area (Å²) in [5.74, 6) is 1.52. The predicted molar refractivity (Wildman–Crippen MR) is 85.0 cm³/mol. The molecule has 0 aliphatic carbocycles. The molecule has 0 saturated carbocycles. The largest absolute Gasteiger partial charge is 0.496 e. The van der Waals surface area contributed by atoms with Gasteiger partial charge in [-0.1, -0.05) is 0 Å². The van der Waals surface area contributed by atoms with Crippen LogP contribution in [0.3, 0.4) is 0 Å².